The Bertz CT molecular complexity index is 985. The van der Waals surface area contributed by atoms with Crippen LogP contribution >= 0.6 is 11.6 Å². The number of halogens is 1. The summed E-state index contributed by atoms with van der Waals surface area (Å²) in [4.78, 5) is 34.1. The molecule has 2 aromatic rings. The van der Waals surface area contributed by atoms with Crippen LogP contribution in [0.2, 0.25) is 5.28 Å². The first-order chi connectivity index (χ1) is 16.0. The average Bonchev–Trinajstić information content (AvgIpc) is 3.16. The van der Waals surface area contributed by atoms with E-state index >= 15 is 0 Å². The number of nitro groups is 1. The molecule has 0 aliphatic carbocycles. The summed E-state index contributed by atoms with van der Waals surface area (Å²) in [7, 11) is 0. The fraction of sp³-hybridized carbons (Fsp3) is 0.571. The quantitative estimate of drug-likeness (QED) is 0.432. The van der Waals surface area contributed by atoms with E-state index in [1.165, 1.54) is 10.8 Å². The molecule has 1 aliphatic heterocycles. The van der Waals surface area contributed by atoms with E-state index in [2.05, 4.69) is 14.9 Å². The molecule has 34 heavy (non-hydrogen) atoms. The number of aromatic nitrogens is 3. The molecule has 1 aliphatic rings. The minimum Gasteiger partial charge on any atom is -0.489 e. The molecule has 0 spiro atoms. The van der Waals surface area contributed by atoms with Gasteiger partial charge in [0, 0.05) is 32.7 Å². The molecule has 1 fully saturated rings. The van der Waals surface area contributed by atoms with Crippen LogP contribution in [-0.2, 0) is 11.3 Å². The number of pyridine rings is 1. The van der Waals surface area contributed by atoms with Gasteiger partial charge in [0.15, 0.2) is 0 Å². The van der Waals surface area contributed by atoms with Gasteiger partial charge in [-0.15, -0.1) is 0 Å². The summed E-state index contributed by atoms with van der Waals surface area (Å²) in [6, 6.07) is 3.60. The Morgan fingerprint density at radius 2 is 2.00 bits per heavy atom. The van der Waals surface area contributed by atoms with Gasteiger partial charge in [-0.1, -0.05) is 0 Å². The van der Waals surface area contributed by atoms with Crippen LogP contribution in [0, 0.1) is 10.1 Å². The fourth-order valence-electron chi connectivity index (χ4n) is 3.28. The lowest BCUT2D eigenvalue weighted by atomic mass is 10.2. The minimum atomic E-state index is -0.807. The molecule has 0 aromatic carbocycles. The number of aliphatic hydroxyl groups excluding tert-OH is 1. The number of nitrogens with zero attached hydrogens (tertiary/aromatic N) is 6. The molecule has 1 saturated heterocycles. The van der Waals surface area contributed by atoms with E-state index in [1.807, 2.05) is 26.8 Å². The highest BCUT2D eigenvalue weighted by Gasteiger charge is 2.26. The lowest BCUT2D eigenvalue weighted by Crippen LogP contribution is -2.50. The van der Waals surface area contributed by atoms with Gasteiger partial charge in [0.05, 0.1) is 12.3 Å². The zero-order valence-corrected chi connectivity index (χ0v) is 20.1. The number of hydrogen-bond acceptors (Lipinski definition) is 9. The van der Waals surface area contributed by atoms with Gasteiger partial charge in [0.1, 0.15) is 30.0 Å². The van der Waals surface area contributed by atoms with Gasteiger partial charge in [-0.3, -0.25) is 4.57 Å². The maximum Gasteiger partial charge on any atom is 0.410 e. The predicted octanol–water partition coefficient (Wildman–Crippen LogP) is 2.73. The Morgan fingerprint density at radius 3 is 2.56 bits per heavy atom. The van der Waals surface area contributed by atoms with E-state index in [9.17, 15) is 20.0 Å². The van der Waals surface area contributed by atoms with Crippen molar-refractivity contribution in [3.63, 3.8) is 0 Å². The number of piperazine rings is 1. The summed E-state index contributed by atoms with van der Waals surface area (Å²) in [5.41, 5.74) is -0.521. The van der Waals surface area contributed by atoms with E-state index in [0.29, 0.717) is 31.9 Å². The summed E-state index contributed by atoms with van der Waals surface area (Å²) in [5, 5.41) is 20.9. The van der Waals surface area contributed by atoms with Gasteiger partial charge in [-0.25, -0.2) is 9.78 Å². The maximum atomic E-state index is 12.2. The molecule has 2 aromatic heterocycles. The molecule has 0 unspecified atom stereocenters. The first-order valence-electron chi connectivity index (χ1n) is 10.9. The molecule has 0 bridgehead atoms. The van der Waals surface area contributed by atoms with E-state index in [4.69, 9.17) is 21.1 Å². The molecular formula is C21H29ClN6O6. The molecule has 12 nitrogen and oxygen atoms in total. The molecule has 0 saturated carbocycles. The predicted molar refractivity (Wildman–Crippen MR) is 124 cm³/mol. The Balaban J connectivity index is 1.42. The van der Waals surface area contributed by atoms with Gasteiger partial charge in [0.2, 0.25) is 0 Å². The van der Waals surface area contributed by atoms with Crippen molar-refractivity contribution in [1.29, 1.82) is 0 Å². The lowest BCUT2D eigenvalue weighted by molar-refractivity contribution is -0.389. The van der Waals surface area contributed by atoms with Gasteiger partial charge in [-0.05, 0) is 60.8 Å². The SMILES string of the molecule is CC(C)(C)OC(=O)N1CCN(c2ccc(OC[C@H](O)CCn3cc([N+](=O)[O-])nc3Cl)cn2)CC1. The van der Waals surface area contributed by atoms with Crippen LogP contribution in [0.15, 0.2) is 24.5 Å². The summed E-state index contributed by atoms with van der Waals surface area (Å²) in [6.07, 6.45) is 1.97. The maximum absolute atomic E-state index is 12.2. The van der Waals surface area contributed by atoms with Crippen molar-refractivity contribution >= 4 is 29.3 Å². The van der Waals surface area contributed by atoms with Crippen molar-refractivity contribution < 1.29 is 24.3 Å². The number of carbonyl (C=O) groups excluding carboxylic acids is 1. The minimum absolute atomic E-state index is 0.00784. The van der Waals surface area contributed by atoms with Crippen LogP contribution in [0.1, 0.15) is 27.2 Å². The van der Waals surface area contributed by atoms with Crippen molar-refractivity contribution in [2.24, 2.45) is 0 Å². The Kier molecular flexibility index (Phi) is 8.15. The Labute approximate surface area is 202 Å². The molecular weight excluding hydrogens is 468 g/mol. The third-order valence-corrected chi connectivity index (χ3v) is 5.33. The number of imidazole rings is 1. The van der Waals surface area contributed by atoms with Gasteiger partial charge < -0.3 is 34.5 Å². The van der Waals surface area contributed by atoms with E-state index in [-0.39, 0.29) is 36.8 Å². The van der Waals surface area contributed by atoms with E-state index in [0.717, 1.165) is 5.82 Å². The first-order valence-corrected chi connectivity index (χ1v) is 11.3. The normalized spacial score (nSPS) is 15.2. The topological polar surface area (TPSA) is 136 Å². The molecule has 3 rings (SSSR count). The summed E-state index contributed by atoms with van der Waals surface area (Å²) in [5.74, 6) is 0.938. The van der Waals surface area contributed by atoms with Gasteiger partial charge >= 0.3 is 17.2 Å². The van der Waals surface area contributed by atoms with Crippen LogP contribution in [-0.4, -0.2) is 80.0 Å². The Hall–Kier alpha value is -3.12. The fourth-order valence-corrected chi connectivity index (χ4v) is 3.50. The van der Waals surface area contributed by atoms with Crippen molar-refractivity contribution in [1.82, 2.24) is 19.4 Å². The number of aliphatic hydroxyl groups is 1. The molecule has 1 N–H and O–H groups in total. The second-order valence-electron chi connectivity index (χ2n) is 8.88. The second-order valence-corrected chi connectivity index (χ2v) is 9.22. The molecule has 13 heteroatoms. The number of hydrogen-bond donors (Lipinski definition) is 1. The molecule has 3 heterocycles. The van der Waals surface area contributed by atoms with Crippen molar-refractivity contribution in [3.8, 4) is 5.75 Å². The highest BCUT2D eigenvalue weighted by atomic mass is 35.5. The number of carbonyl (C=O) groups is 1. The number of aryl methyl sites for hydroxylation is 1. The van der Waals surface area contributed by atoms with Crippen molar-refractivity contribution in [2.45, 2.75) is 45.4 Å². The van der Waals surface area contributed by atoms with Crippen LogP contribution in [0.5, 0.6) is 5.75 Å². The smallest absolute Gasteiger partial charge is 0.410 e. The van der Waals surface area contributed by atoms with E-state index < -0.39 is 16.6 Å². The molecule has 186 valence electrons. The molecule has 0 radical (unpaired) electrons. The monoisotopic (exact) mass is 496 g/mol. The number of ether oxygens (including phenoxy) is 2. The first kappa shape index (κ1) is 25.5. The number of rotatable bonds is 8. The molecule has 1 atom stereocenters. The Morgan fingerprint density at radius 1 is 1.29 bits per heavy atom. The zero-order chi connectivity index (χ0) is 24.9. The van der Waals surface area contributed by atoms with Crippen molar-refractivity contribution in [2.75, 3.05) is 37.7 Å². The second kappa shape index (κ2) is 10.9. The van der Waals surface area contributed by atoms with Crippen molar-refractivity contribution in [3.05, 3.63) is 39.9 Å². The highest BCUT2D eigenvalue weighted by Crippen LogP contribution is 2.20. The third-order valence-electron chi connectivity index (χ3n) is 5.02. The zero-order valence-electron chi connectivity index (χ0n) is 19.4. The third kappa shape index (κ3) is 7.19. The largest absolute Gasteiger partial charge is 0.489 e. The van der Waals surface area contributed by atoms with Crippen LogP contribution in [0.25, 0.3) is 0 Å². The molecule has 1 amide bonds. The number of anilines is 1. The van der Waals surface area contributed by atoms with Crippen LogP contribution in [0.3, 0.4) is 0 Å². The average molecular weight is 497 g/mol. The summed E-state index contributed by atoms with van der Waals surface area (Å²) >= 11 is 5.87. The standard InChI is InChI=1S/C21H29ClN6O6/c1-21(2,3)34-20(30)26-10-8-25(9-11-26)17-5-4-16(12-23-17)33-14-15(29)6-7-27-13-18(28(31)32)24-19(27)22/h4-5,12-13,15,29H,6-11,14H2,1-3H3/t15-/m1/s1. The highest BCUT2D eigenvalue weighted by molar-refractivity contribution is 6.28. The number of amides is 1. The summed E-state index contributed by atoms with van der Waals surface area (Å²) in [6.45, 7) is 8.20. The van der Waals surface area contributed by atoms with Gasteiger partial charge in [-0.2, -0.15) is 0 Å². The van der Waals surface area contributed by atoms with Gasteiger partial charge in [0.25, 0.3) is 0 Å². The lowest BCUT2D eigenvalue weighted by Gasteiger charge is -2.36. The van der Waals surface area contributed by atoms with Crippen LogP contribution in [0.4, 0.5) is 16.4 Å². The van der Waals surface area contributed by atoms with E-state index in [1.54, 1.807) is 17.2 Å². The van der Waals surface area contributed by atoms with Crippen LogP contribution < -0.4 is 9.64 Å². The summed E-state index contributed by atoms with van der Waals surface area (Å²) < 4.78 is 12.4.